The van der Waals surface area contributed by atoms with Gasteiger partial charge < -0.3 is 10.1 Å². The van der Waals surface area contributed by atoms with Gasteiger partial charge in [-0.1, -0.05) is 0 Å². The summed E-state index contributed by atoms with van der Waals surface area (Å²) in [5, 5.41) is 3.32. The number of rotatable bonds is 0. The lowest BCUT2D eigenvalue weighted by Crippen LogP contribution is -2.63. The van der Waals surface area contributed by atoms with Gasteiger partial charge in [0.05, 0.1) is 18.8 Å². The minimum absolute atomic E-state index is 0.0509. The molecule has 0 atom stereocenters. The van der Waals surface area contributed by atoms with Crippen molar-refractivity contribution in [3.63, 3.8) is 0 Å². The number of ether oxygens (including phenoxy) is 1. The molecule has 2 rings (SSSR count). The predicted octanol–water partition coefficient (Wildman–Crippen LogP) is -0.292. The van der Waals surface area contributed by atoms with Crippen molar-refractivity contribution in [2.75, 3.05) is 19.8 Å². The van der Waals surface area contributed by atoms with Crippen LogP contribution in [0.4, 0.5) is 0 Å². The molecule has 2 aliphatic heterocycles. The number of piperidine rings is 1. The lowest BCUT2D eigenvalue weighted by Gasteiger charge is -2.44. The summed E-state index contributed by atoms with van der Waals surface area (Å²) in [7, 11) is 0. The normalized spacial score (nSPS) is 30.2. The maximum Gasteiger partial charge on any atom is 0.136 e. The molecule has 1 N–H and O–H groups in total. The van der Waals surface area contributed by atoms with E-state index in [0.717, 1.165) is 19.8 Å². The molecule has 1 spiro atoms. The van der Waals surface area contributed by atoms with Crippen LogP contribution in [0.5, 0.6) is 0 Å². The Labute approximate surface area is 59.7 Å². The van der Waals surface area contributed by atoms with Gasteiger partial charge in [-0.3, -0.25) is 4.79 Å². The molecular formula is C7H11NO2. The van der Waals surface area contributed by atoms with Crippen molar-refractivity contribution in [2.45, 2.75) is 18.4 Å². The van der Waals surface area contributed by atoms with E-state index >= 15 is 0 Å². The van der Waals surface area contributed by atoms with Crippen LogP contribution < -0.4 is 5.32 Å². The quantitative estimate of drug-likeness (QED) is 0.503. The fourth-order valence-corrected chi connectivity index (χ4v) is 1.55. The smallest absolute Gasteiger partial charge is 0.136 e. The minimum atomic E-state index is 0.0509. The summed E-state index contributed by atoms with van der Waals surface area (Å²) in [6.07, 6.45) is 1.37. The van der Waals surface area contributed by atoms with Crippen LogP contribution in [0, 0.1) is 0 Å². The summed E-state index contributed by atoms with van der Waals surface area (Å²) in [4.78, 5) is 11.0. The number of Topliss-reactive ketones (excluding diaryl/α,β-unsaturated/α-hetero) is 1. The van der Waals surface area contributed by atoms with Crippen molar-refractivity contribution in [3.8, 4) is 0 Å². The largest absolute Gasteiger partial charge is 0.377 e. The van der Waals surface area contributed by atoms with Crippen molar-refractivity contribution in [1.82, 2.24) is 5.32 Å². The van der Waals surface area contributed by atoms with Crippen LogP contribution in [0.3, 0.4) is 0 Å². The third-order valence-electron chi connectivity index (χ3n) is 2.20. The van der Waals surface area contributed by atoms with Gasteiger partial charge in [0, 0.05) is 19.4 Å². The van der Waals surface area contributed by atoms with Gasteiger partial charge in [-0.05, 0) is 0 Å². The lowest BCUT2D eigenvalue weighted by molar-refractivity contribution is -0.134. The molecule has 0 aromatic rings. The van der Waals surface area contributed by atoms with Crippen molar-refractivity contribution in [3.05, 3.63) is 0 Å². The van der Waals surface area contributed by atoms with Crippen molar-refractivity contribution < 1.29 is 9.53 Å². The molecule has 0 bridgehead atoms. The van der Waals surface area contributed by atoms with Gasteiger partial charge in [0.25, 0.3) is 0 Å². The summed E-state index contributed by atoms with van der Waals surface area (Å²) in [6.45, 7) is 2.28. The zero-order chi connectivity index (χ0) is 7.03. The SMILES string of the molecule is O=C1CCNC2(COC2)C1. The molecule has 3 heteroatoms. The zero-order valence-corrected chi connectivity index (χ0v) is 5.85. The highest BCUT2D eigenvalue weighted by molar-refractivity contribution is 5.81. The Balaban J connectivity index is 2.02. The summed E-state index contributed by atoms with van der Waals surface area (Å²) in [6, 6.07) is 0. The molecule has 0 unspecified atom stereocenters. The lowest BCUT2D eigenvalue weighted by atomic mass is 9.87. The fourth-order valence-electron chi connectivity index (χ4n) is 1.55. The first-order valence-corrected chi connectivity index (χ1v) is 3.65. The van der Waals surface area contributed by atoms with E-state index in [1.54, 1.807) is 0 Å². The summed E-state index contributed by atoms with van der Waals surface area (Å²) in [5.74, 6) is 0.377. The van der Waals surface area contributed by atoms with Gasteiger partial charge in [-0.15, -0.1) is 0 Å². The summed E-state index contributed by atoms with van der Waals surface area (Å²) in [5.41, 5.74) is 0.0509. The minimum Gasteiger partial charge on any atom is -0.377 e. The van der Waals surface area contributed by atoms with Crippen LogP contribution in [0.2, 0.25) is 0 Å². The molecule has 0 aromatic carbocycles. The molecule has 0 saturated carbocycles. The van der Waals surface area contributed by atoms with Crippen molar-refractivity contribution >= 4 is 5.78 Å². The molecule has 0 radical (unpaired) electrons. The van der Waals surface area contributed by atoms with Gasteiger partial charge in [-0.2, -0.15) is 0 Å². The van der Waals surface area contributed by atoms with E-state index in [0.29, 0.717) is 18.6 Å². The maximum absolute atomic E-state index is 11.0. The first kappa shape index (κ1) is 6.31. The Hall–Kier alpha value is -0.410. The number of carbonyl (C=O) groups is 1. The van der Waals surface area contributed by atoms with Crippen LogP contribution >= 0.6 is 0 Å². The molecular weight excluding hydrogens is 130 g/mol. The Morgan fingerprint density at radius 3 is 2.70 bits per heavy atom. The van der Waals surface area contributed by atoms with E-state index in [-0.39, 0.29) is 5.54 Å². The predicted molar refractivity (Wildman–Crippen MR) is 35.8 cm³/mol. The maximum atomic E-state index is 11.0. The third kappa shape index (κ3) is 0.859. The van der Waals surface area contributed by atoms with Crippen LogP contribution in [-0.4, -0.2) is 31.1 Å². The van der Waals surface area contributed by atoms with Gasteiger partial charge in [-0.25, -0.2) is 0 Å². The van der Waals surface area contributed by atoms with E-state index in [4.69, 9.17) is 4.74 Å². The van der Waals surface area contributed by atoms with Gasteiger partial charge >= 0.3 is 0 Å². The molecule has 3 nitrogen and oxygen atoms in total. The first-order valence-electron chi connectivity index (χ1n) is 3.65. The summed E-state index contributed by atoms with van der Waals surface area (Å²) >= 11 is 0. The number of hydrogen-bond acceptors (Lipinski definition) is 3. The second kappa shape index (κ2) is 2.04. The molecule has 2 aliphatic rings. The highest BCUT2D eigenvalue weighted by Crippen LogP contribution is 2.24. The van der Waals surface area contributed by atoms with E-state index in [1.165, 1.54) is 0 Å². The number of carbonyl (C=O) groups excluding carboxylic acids is 1. The molecule has 10 heavy (non-hydrogen) atoms. The summed E-state index contributed by atoms with van der Waals surface area (Å²) < 4.78 is 5.05. The molecule has 56 valence electrons. The molecule has 0 aliphatic carbocycles. The van der Waals surface area contributed by atoms with E-state index < -0.39 is 0 Å². The number of nitrogens with one attached hydrogen (secondary N) is 1. The molecule has 2 saturated heterocycles. The number of ketones is 1. The Morgan fingerprint density at radius 2 is 2.30 bits per heavy atom. The van der Waals surface area contributed by atoms with E-state index in [9.17, 15) is 4.79 Å². The van der Waals surface area contributed by atoms with E-state index in [1.807, 2.05) is 0 Å². The van der Waals surface area contributed by atoms with Crippen LogP contribution in [0.1, 0.15) is 12.8 Å². The number of hydrogen-bond donors (Lipinski definition) is 1. The van der Waals surface area contributed by atoms with Gasteiger partial charge in [0.1, 0.15) is 5.78 Å². The van der Waals surface area contributed by atoms with Crippen molar-refractivity contribution in [2.24, 2.45) is 0 Å². The van der Waals surface area contributed by atoms with Gasteiger partial charge in [0.15, 0.2) is 0 Å². The topological polar surface area (TPSA) is 38.3 Å². The second-order valence-electron chi connectivity index (χ2n) is 3.17. The molecule has 0 aromatic heterocycles. The Bertz CT molecular complexity index is 163. The van der Waals surface area contributed by atoms with Gasteiger partial charge in [0.2, 0.25) is 0 Å². The Kier molecular flexibility index (Phi) is 1.28. The monoisotopic (exact) mass is 141 g/mol. The Morgan fingerprint density at radius 1 is 1.50 bits per heavy atom. The fraction of sp³-hybridized carbons (Fsp3) is 0.857. The average Bonchev–Trinajstić information content (AvgIpc) is 1.85. The highest BCUT2D eigenvalue weighted by atomic mass is 16.5. The first-order chi connectivity index (χ1) is 4.81. The second-order valence-corrected chi connectivity index (χ2v) is 3.17. The van der Waals surface area contributed by atoms with Crippen LogP contribution in [-0.2, 0) is 9.53 Å². The van der Waals surface area contributed by atoms with Crippen LogP contribution in [0.15, 0.2) is 0 Å². The standard InChI is InChI=1S/C7H11NO2/c9-6-1-2-8-7(3-6)4-10-5-7/h8H,1-5H2. The molecule has 2 heterocycles. The third-order valence-corrected chi connectivity index (χ3v) is 2.20. The van der Waals surface area contributed by atoms with Crippen LogP contribution in [0.25, 0.3) is 0 Å². The highest BCUT2D eigenvalue weighted by Gasteiger charge is 2.41. The zero-order valence-electron chi connectivity index (χ0n) is 5.85. The van der Waals surface area contributed by atoms with Crippen molar-refractivity contribution in [1.29, 1.82) is 0 Å². The van der Waals surface area contributed by atoms with E-state index in [2.05, 4.69) is 5.32 Å². The molecule has 2 fully saturated rings. The molecule has 0 amide bonds. The average molecular weight is 141 g/mol.